The first-order valence-corrected chi connectivity index (χ1v) is 7.48. The van der Waals surface area contributed by atoms with Gasteiger partial charge in [-0.3, -0.25) is 10.2 Å². The van der Waals surface area contributed by atoms with Crippen LogP contribution < -0.4 is 5.32 Å². The smallest absolute Gasteiger partial charge is 0.105 e. The van der Waals surface area contributed by atoms with Crippen molar-refractivity contribution < 1.29 is 0 Å². The fourth-order valence-corrected chi connectivity index (χ4v) is 2.69. The van der Waals surface area contributed by atoms with E-state index in [0.29, 0.717) is 6.04 Å². The highest BCUT2D eigenvalue weighted by Crippen LogP contribution is 2.30. The monoisotopic (exact) mass is 251 g/mol. The summed E-state index contributed by atoms with van der Waals surface area (Å²) in [5.41, 5.74) is -0.379. The molecule has 0 saturated heterocycles. The van der Waals surface area contributed by atoms with E-state index in [1.54, 1.807) is 0 Å². The van der Waals surface area contributed by atoms with Crippen molar-refractivity contribution in [3.63, 3.8) is 0 Å². The Bertz CT molecular complexity index is 280. The molecule has 0 aromatic carbocycles. The summed E-state index contributed by atoms with van der Waals surface area (Å²) in [4.78, 5) is 2.60. The summed E-state index contributed by atoms with van der Waals surface area (Å²) in [6.07, 6.45) is 5.88. The number of hydrogen-bond donors (Lipinski definition) is 1. The summed E-state index contributed by atoms with van der Waals surface area (Å²) < 4.78 is 0. The zero-order chi connectivity index (χ0) is 13.6. The molecular weight excluding hydrogens is 222 g/mol. The lowest BCUT2D eigenvalue weighted by Crippen LogP contribution is -2.48. The van der Waals surface area contributed by atoms with Gasteiger partial charge in [0.05, 0.1) is 6.07 Å². The molecule has 1 rings (SSSR count). The van der Waals surface area contributed by atoms with Crippen LogP contribution >= 0.6 is 0 Å². The van der Waals surface area contributed by atoms with Crippen molar-refractivity contribution >= 4 is 0 Å². The molecule has 2 unspecified atom stereocenters. The largest absolute Gasteiger partial charge is 0.300 e. The van der Waals surface area contributed by atoms with E-state index in [1.807, 2.05) is 6.92 Å². The van der Waals surface area contributed by atoms with Gasteiger partial charge in [-0.1, -0.05) is 13.8 Å². The van der Waals surface area contributed by atoms with E-state index in [2.05, 4.69) is 37.1 Å². The van der Waals surface area contributed by atoms with Crippen LogP contribution in [-0.4, -0.2) is 35.6 Å². The predicted octanol–water partition coefficient (Wildman–Crippen LogP) is 2.92. The Hall–Kier alpha value is -0.590. The van der Waals surface area contributed by atoms with E-state index >= 15 is 0 Å². The molecule has 0 spiro atoms. The Morgan fingerprint density at radius 2 is 2.06 bits per heavy atom. The van der Waals surface area contributed by atoms with Crippen molar-refractivity contribution in [3.05, 3.63) is 0 Å². The van der Waals surface area contributed by atoms with Crippen LogP contribution in [0.15, 0.2) is 0 Å². The lowest BCUT2D eigenvalue weighted by atomic mass is 9.94. The van der Waals surface area contributed by atoms with Gasteiger partial charge in [0, 0.05) is 12.1 Å². The van der Waals surface area contributed by atoms with Crippen molar-refractivity contribution in [1.82, 2.24) is 10.2 Å². The Morgan fingerprint density at radius 3 is 2.50 bits per heavy atom. The van der Waals surface area contributed by atoms with Gasteiger partial charge in [0.1, 0.15) is 5.54 Å². The standard InChI is InChI=1S/C15H29N3/c1-5-9-17-15(4,12-16)11-13(3)18(10-6-2)14-7-8-14/h13-14,17H,5-11H2,1-4H3. The first-order valence-electron chi connectivity index (χ1n) is 7.48. The Kier molecular flexibility index (Phi) is 6.11. The molecule has 0 radical (unpaired) electrons. The third kappa shape index (κ3) is 4.59. The maximum atomic E-state index is 9.40. The SMILES string of the molecule is CCCNC(C)(C#N)CC(C)N(CCC)C1CC1. The second-order valence-corrected chi connectivity index (χ2v) is 5.89. The van der Waals surface area contributed by atoms with Crippen LogP contribution in [0.2, 0.25) is 0 Å². The topological polar surface area (TPSA) is 39.1 Å². The fourth-order valence-electron chi connectivity index (χ4n) is 2.69. The lowest BCUT2D eigenvalue weighted by molar-refractivity contribution is 0.167. The molecule has 1 saturated carbocycles. The Morgan fingerprint density at radius 1 is 1.39 bits per heavy atom. The highest BCUT2D eigenvalue weighted by Gasteiger charge is 2.35. The van der Waals surface area contributed by atoms with Gasteiger partial charge in [0.2, 0.25) is 0 Å². The summed E-state index contributed by atoms with van der Waals surface area (Å²) in [6, 6.07) is 3.74. The molecule has 1 aliphatic carbocycles. The molecule has 18 heavy (non-hydrogen) atoms. The van der Waals surface area contributed by atoms with Crippen LogP contribution in [-0.2, 0) is 0 Å². The molecule has 3 heteroatoms. The molecule has 1 N–H and O–H groups in total. The zero-order valence-electron chi connectivity index (χ0n) is 12.5. The van der Waals surface area contributed by atoms with Crippen LogP contribution in [0.4, 0.5) is 0 Å². The molecule has 3 nitrogen and oxygen atoms in total. The van der Waals surface area contributed by atoms with Crippen molar-refractivity contribution in [2.45, 2.75) is 77.4 Å². The van der Waals surface area contributed by atoms with Crippen molar-refractivity contribution in [2.24, 2.45) is 0 Å². The number of rotatable bonds is 9. The number of nitriles is 1. The second kappa shape index (κ2) is 7.11. The van der Waals surface area contributed by atoms with Crippen LogP contribution in [0.5, 0.6) is 0 Å². The van der Waals surface area contributed by atoms with Crippen LogP contribution in [0.1, 0.15) is 59.8 Å². The molecule has 2 atom stereocenters. The van der Waals surface area contributed by atoms with Gasteiger partial charge in [-0.05, 0) is 59.0 Å². The molecular formula is C15H29N3. The summed E-state index contributed by atoms with van der Waals surface area (Å²) in [5.74, 6) is 0. The molecule has 0 aromatic heterocycles. The third-order valence-electron chi connectivity index (χ3n) is 3.78. The first-order chi connectivity index (χ1) is 8.56. The minimum Gasteiger partial charge on any atom is -0.300 e. The van der Waals surface area contributed by atoms with Crippen LogP contribution in [0, 0.1) is 11.3 Å². The highest BCUT2D eigenvalue weighted by molar-refractivity contribution is 5.06. The van der Waals surface area contributed by atoms with Gasteiger partial charge in [-0.25, -0.2) is 0 Å². The van der Waals surface area contributed by atoms with Gasteiger partial charge in [0.15, 0.2) is 0 Å². The second-order valence-electron chi connectivity index (χ2n) is 5.89. The average molecular weight is 251 g/mol. The Labute approximate surface area is 113 Å². The molecule has 1 fully saturated rings. The van der Waals surface area contributed by atoms with E-state index < -0.39 is 0 Å². The van der Waals surface area contributed by atoms with E-state index in [0.717, 1.165) is 25.4 Å². The minimum absolute atomic E-state index is 0.379. The first kappa shape index (κ1) is 15.5. The molecule has 0 aliphatic heterocycles. The van der Waals surface area contributed by atoms with Crippen LogP contribution in [0.25, 0.3) is 0 Å². The number of nitrogens with zero attached hydrogens (tertiary/aromatic N) is 2. The van der Waals surface area contributed by atoms with Crippen molar-refractivity contribution in [2.75, 3.05) is 13.1 Å². The molecule has 0 aromatic rings. The number of nitrogens with one attached hydrogen (secondary N) is 1. The van der Waals surface area contributed by atoms with Gasteiger partial charge in [0.25, 0.3) is 0 Å². The summed E-state index contributed by atoms with van der Waals surface area (Å²) in [5, 5.41) is 12.8. The minimum atomic E-state index is -0.379. The van der Waals surface area contributed by atoms with Gasteiger partial charge >= 0.3 is 0 Å². The normalized spacial score (nSPS) is 20.4. The molecule has 1 aliphatic rings. The maximum absolute atomic E-state index is 9.40. The zero-order valence-corrected chi connectivity index (χ0v) is 12.5. The van der Waals surface area contributed by atoms with E-state index in [-0.39, 0.29) is 5.54 Å². The van der Waals surface area contributed by atoms with Crippen LogP contribution in [0.3, 0.4) is 0 Å². The highest BCUT2D eigenvalue weighted by atomic mass is 15.2. The van der Waals surface area contributed by atoms with Crippen molar-refractivity contribution in [3.8, 4) is 6.07 Å². The summed E-state index contributed by atoms with van der Waals surface area (Å²) >= 11 is 0. The Balaban J connectivity index is 2.53. The van der Waals surface area contributed by atoms with Gasteiger partial charge in [-0.2, -0.15) is 5.26 Å². The summed E-state index contributed by atoms with van der Waals surface area (Å²) in [6.45, 7) is 10.8. The third-order valence-corrected chi connectivity index (χ3v) is 3.78. The molecule has 0 amide bonds. The fraction of sp³-hybridized carbons (Fsp3) is 0.933. The maximum Gasteiger partial charge on any atom is 0.105 e. The van der Waals surface area contributed by atoms with E-state index in [4.69, 9.17) is 0 Å². The molecule has 104 valence electrons. The van der Waals surface area contributed by atoms with E-state index in [1.165, 1.54) is 25.8 Å². The number of hydrogen-bond acceptors (Lipinski definition) is 3. The lowest BCUT2D eigenvalue weighted by Gasteiger charge is -2.34. The molecule has 0 heterocycles. The molecule has 0 bridgehead atoms. The average Bonchev–Trinajstić information content (AvgIpc) is 3.17. The van der Waals surface area contributed by atoms with Gasteiger partial charge < -0.3 is 0 Å². The van der Waals surface area contributed by atoms with Gasteiger partial charge in [-0.15, -0.1) is 0 Å². The quantitative estimate of drug-likeness (QED) is 0.685. The summed E-state index contributed by atoms with van der Waals surface area (Å²) in [7, 11) is 0. The van der Waals surface area contributed by atoms with E-state index in [9.17, 15) is 5.26 Å². The predicted molar refractivity (Wildman–Crippen MR) is 76.4 cm³/mol. The van der Waals surface area contributed by atoms with Crippen molar-refractivity contribution in [1.29, 1.82) is 5.26 Å².